The van der Waals surface area contributed by atoms with E-state index in [2.05, 4.69) is 0 Å². The number of rotatable bonds is 8. The molecule has 6 heteroatoms. The number of benzene rings is 1. The summed E-state index contributed by atoms with van der Waals surface area (Å²) in [5.41, 5.74) is 0.583. The smallest absolute Gasteiger partial charge is 0.242 e. The summed E-state index contributed by atoms with van der Waals surface area (Å²) in [5, 5.41) is 18.2. The second kappa shape index (κ2) is 7.73. The van der Waals surface area contributed by atoms with Crippen molar-refractivity contribution in [3.05, 3.63) is 29.8 Å². The van der Waals surface area contributed by atoms with Crippen LogP contribution in [-0.2, 0) is 10.0 Å². The van der Waals surface area contributed by atoms with Gasteiger partial charge in [0.05, 0.1) is 11.0 Å². The summed E-state index contributed by atoms with van der Waals surface area (Å²) in [6, 6.07) is 6.37. The van der Waals surface area contributed by atoms with Crippen molar-refractivity contribution in [3.63, 3.8) is 0 Å². The molecule has 1 aromatic carbocycles. The Morgan fingerprint density at radius 3 is 2.55 bits per heavy atom. The molecule has 1 unspecified atom stereocenters. The zero-order valence-corrected chi connectivity index (χ0v) is 12.8. The first-order chi connectivity index (χ1) is 9.39. The first kappa shape index (κ1) is 17.1. The first-order valence-corrected chi connectivity index (χ1v) is 8.19. The Hall–Kier alpha value is -0.950. The zero-order chi connectivity index (χ0) is 15.2. The summed E-state index contributed by atoms with van der Waals surface area (Å²) in [5.74, 6) is 0. The van der Waals surface area contributed by atoms with Gasteiger partial charge in [0, 0.05) is 20.2 Å². The summed E-state index contributed by atoms with van der Waals surface area (Å²) in [7, 11) is -1.98. The van der Waals surface area contributed by atoms with Crippen LogP contribution in [0.1, 0.15) is 37.9 Å². The molecule has 1 aromatic rings. The number of aliphatic hydroxyl groups is 2. The lowest BCUT2D eigenvalue weighted by Gasteiger charge is -2.18. The number of nitrogens with zero attached hydrogens (tertiary/aromatic N) is 1. The third-order valence-corrected chi connectivity index (χ3v) is 5.03. The molecule has 0 saturated carbocycles. The van der Waals surface area contributed by atoms with Gasteiger partial charge in [-0.3, -0.25) is 0 Å². The molecule has 0 aromatic heterocycles. The van der Waals surface area contributed by atoms with Gasteiger partial charge in [0.15, 0.2) is 0 Å². The van der Waals surface area contributed by atoms with Crippen molar-refractivity contribution in [1.82, 2.24) is 4.31 Å². The Labute approximate surface area is 120 Å². The number of unbranched alkanes of at least 4 members (excludes halogenated alkanes) is 2. The fourth-order valence-corrected chi connectivity index (χ4v) is 3.12. The Morgan fingerprint density at radius 1 is 1.25 bits per heavy atom. The Morgan fingerprint density at radius 2 is 1.95 bits per heavy atom. The molecule has 0 aliphatic carbocycles. The van der Waals surface area contributed by atoms with Gasteiger partial charge in [0.1, 0.15) is 0 Å². The van der Waals surface area contributed by atoms with E-state index in [1.165, 1.54) is 16.4 Å². The Bertz CT molecular complexity index is 514. The van der Waals surface area contributed by atoms with Crippen LogP contribution in [0.4, 0.5) is 0 Å². The normalized spacial score (nSPS) is 13.7. The lowest BCUT2D eigenvalue weighted by atomic mass is 10.1. The first-order valence-electron chi connectivity index (χ1n) is 6.75. The second-order valence-corrected chi connectivity index (χ2v) is 6.90. The molecule has 0 bridgehead atoms. The molecule has 0 aliphatic rings. The largest absolute Gasteiger partial charge is 0.396 e. The van der Waals surface area contributed by atoms with Gasteiger partial charge < -0.3 is 10.2 Å². The maximum atomic E-state index is 12.4. The van der Waals surface area contributed by atoms with E-state index in [-0.39, 0.29) is 11.5 Å². The highest BCUT2D eigenvalue weighted by Crippen LogP contribution is 2.20. The molecule has 1 atom stereocenters. The van der Waals surface area contributed by atoms with E-state index in [4.69, 9.17) is 5.11 Å². The highest BCUT2D eigenvalue weighted by atomic mass is 32.2. The maximum Gasteiger partial charge on any atom is 0.242 e. The van der Waals surface area contributed by atoms with E-state index >= 15 is 0 Å². The Kier molecular flexibility index (Phi) is 6.61. The van der Waals surface area contributed by atoms with Crippen LogP contribution >= 0.6 is 0 Å². The van der Waals surface area contributed by atoms with Crippen molar-refractivity contribution >= 4 is 10.0 Å². The van der Waals surface area contributed by atoms with E-state index in [0.717, 1.165) is 6.42 Å². The minimum atomic E-state index is -3.52. The van der Waals surface area contributed by atoms with E-state index < -0.39 is 16.1 Å². The standard InChI is InChI=1S/C14H23NO4S/c1-12(17)13-7-6-8-14(11-13)20(18,19)15(2)9-4-3-5-10-16/h6-8,11-12,16-17H,3-5,9-10H2,1-2H3. The average molecular weight is 301 g/mol. The topological polar surface area (TPSA) is 77.8 Å². The van der Waals surface area contributed by atoms with E-state index in [1.807, 2.05) is 0 Å². The monoisotopic (exact) mass is 301 g/mol. The summed E-state index contributed by atoms with van der Waals surface area (Å²) < 4.78 is 26.0. The van der Waals surface area contributed by atoms with Crippen LogP contribution in [0.15, 0.2) is 29.2 Å². The predicted octanol–water partition coefficient (Wildman–Crippen LogP) is 1.52. The summed E-state index contributed by atoms with van der Waals surface area (Å²) in [6.07, 6.45) is 1.50. The molecule has 20 heavy (non-hydrogen) atoms. The predicted molar refractivity (Wildman–Crippen MR) is 77.8 cm³/mol. The third-order valence-electron chi connectivity index (χ3n) is 3.18. The van der Waals surface area contributed by atoms with Crippen LogP contribution in [0.5, 0.6) is 0 Å². The minimum Gasteiger partial charge on any atom is -0.396 e. The molecule has 2 N–H and O–H groups in total. The van der Waals surface area contributed by atoms with Crippen LogP contribution in [0.3, 0.4) is 0 Å². The third kappa shape index (κ3) is 4.56. The molecule has 0 aliphatic heterocycles. The van der Waals surface area contributed by atoms with Gasteiger partial charge >= 0.3 is 0 Å². The molecular weight excluding hydrogens is 278 g/mol. The number of aliphatic hydroxyl groups excluding tert-OH is 2. The summed E-state index contributed by atoms with van der Waals surface area (Å²) in [4.78, 5) is 0.195. The van der Waals surface area contributed by atoms with Crippen molar-refractivity contribution in [2.75, 3.05) is 20.2 Å². The van der Waals surface area contributed by atoms with Gasteiger partial charge in [-0.15, -0.1) is 0 Å². The van der Waals surface area contributed by atoms with Gasteiger partial charge in [-0.05, 0) is 43.9 Å². The van der Waals surface area contributed by atoms with Crippen molar-refractivity contribution in [1.29, 1.82) is 0 Å². The maximum absolute atomic E-state index is 12.4. The minimum absolute atomic E-state index is 0.132. The molecule has 0 heterocycles. The SMILES string of the molecule is CC(O)c1cccc(S(=O)(=O)N(C)CCCCCO)c1. The van der Waals surface area contributed by atoms with Crippen LogP contribution in [0.25, 0.3) is 0 Å². The van der Waals surface area contributed by atoms with Gasteiger partial charge in [-0.2, -0.15) is 0 Å². The van der Waals surface area contributed by atoms with Gasteiger partial charge in [-0.1, -0.05) is 12.1 Å². The van der Waals surface area contributed by atoms with Crippen molar-refractivity contribution in [3.8, 4) is 0 Å². The van der Waals surface area contributed by atoms with Crippen LogP contribution in [0.2, 0.25) is 0 Å². The fourth-order valence-electron chi connectivity index (χ4n) is 1.86. The van der Waals surface area contributed by atoms with E-state index in [9.17, 15) is 13.5 Å². The van der Waals surface area contributed by atoms with Crippen molar-refractivity contribution < 1.29 is 18.6 Å². The van der Waals surface area contributed by atoms with Crippen LogP contribution in [0, 0.1) is 0 Å². The molecule has 0 fully saturated rings. The summed E-state index contributed by atoms with van der Waals surface area (Å²) in [6.45, 7) is 2.15. The molecule has 114 valence electrons. The summed E-state index contributed by atoms with van der Waals surface area (Å²) >= 11 is 0. The van der Waals surface area contributed by atoms with Gasteiger partial charge in [0.25, 0.3) is 0 Å². The molecule has 0 amide bonds. The second-order valence-electron chi connectivity index (χ2n) is 4.86. The van der Waals surface area contributed by atoms with E-state index in [0.29, 0.717) is 24.9 Å². The molecule has 0 spiro atoms. The van der Waals surface area contributed by atoms with E-state index in [1.54, 1.807) is 26.1 Å². The van der Waals surface area contributed by atoms with Gasteiger partial charge in [0.2, 0.25) is 10.0 Å². The van der Waals surface area contributed by atoms with Gasteiger partial charge in [-0.25, -0.2) is 12.7 Å². The zero-order valence-electron chi connectivity index (χ0n) is 12.0. The highest BCUT2D eigenvalue weighted by Gasteiger charge is 2.20. The fraction of sp³-hybridized carbons (Fsp3) is 0.571. The molecular formula is C14H23NO4S. The number of hydrogen-bond donors (Lipinski definition) is 2. The number of sulfonamides is 1. The van der Waals surface area contributed by atoms with Crippen LogP contribution in [-0.4, -0.2) is 43.1 Å². The highest BCUT2D eigenvalue weighted by molar-refractivity contribution is 7.89. The molecule has 0 radical (unpaired) electrons. The van der Waals surface area contributed by atoms with Crippen molar-refractivity contribution in [2.24, 2.45) is 0 Å². The number of hydrogen-bond acceptors (Lipinski definition) is 4. The molecule has 0 saturated heterocycles. The molecule has 1 rings (SSSR count). The van der Waals surface area contributed by atoms with Crippen molar-refractivity contribution in [2.45, 2.75) is 37.2 Å². The lowest BCUT2D eigenvalue weighted by Crippen LogP contribution is -2.28. The average Bonchev–Trinajstić information content (AvgIpc) is 2.43. The van der Waals surface area contributed by atoms with Crippen LogP contribution < -0.4 is 0 Å². The quantitative estimate of drug-likeness (QED) is 0.714. The Balaban J connectivity index is 2.79. The lowest BCUT2D eigenvalue weighted by molar-refractivity contribution is 0.199. The molecule has 5 nitrogen and oxygen atoms in total.